The quantitative estimate of drug-likeness (QED) is 0.932. The van der Waals surface area contributed by atoms with E-state index in [4.69, 9.17) is 5.73 Å². The first-order valence-electron chi connectivity index (χ1n) is 7.15. The molecule has 1 saturated heterocycles. The van der Waals surface area contributed by atoms with Gasteiger partial charge in [0.15, 0.2) is 0 Å². The molecule has 1 fully saturated rings. The summed E-state index contributed by atoms with van der Waals surface area (Å²) in [7, 11) is 0. The second kappa shape index (κ2) is 6.09. The van der Waals surface area contributed by atoms with Crippen LogP contribution in [-0.4, -0.2) is 42.1 Å². The number of nitrogen functional groups attached to an aromatic ring is 1. The largest absolute Gasteiger partial charge is 0.416 e. The third-order valence-corrected chi connectivity index (χ3v) is 4.01. The number of piperazine rings is 1. The molecule has 0 aromatic carbocycles. The Bertz CT molecular complexity index is 482. The third kappa shape index (κ3) is 3.78. The van der Waals surface area contributed by atoms with Gasteiger partial charge in [0.05, 0.1) is 5.56 Å². The minimum absolute atomic E-state index is 0.0934. The average Bonchev–Trinajstić information content (AvgIpc) is 2.45. The maximum absolute atomic E-state index is 12.8. The van der Waals surface area contributed by atoms with Crippen LogP contribution in [0.25, 0.3) is 0 Å². The Morgan fingerprint density at radius 1 is 1.24 bits per heavy atom. The highest BCUT2D eigenvalue weighted by molar-refractivity contribution is 5.49. The van der Waals surface area contributed by atoms with Gasteiger partial charge in [0, 0.05) is 32.2 Å². The van der Waals surface area contributed by atoms with Crippen LogP contribution in [-0.2, 0) is 6.18 Å². The van der Waals surface area contributed by atoms with Gasteiger partial charge in [-0.1, -0.05) is 6.92 Å². The van der Waals surface area contributed by atoms with E-state index in [2.05, 4.69) is 23.7 Å². The Balaban J connectivity index is 2.12. The summed E-state index contributed by atoms with van der Waals surface area (Å²) < 4.78 is 38.5. The van der Waals surface area contributed by atoms with Gasteiger partial charge in [-0.2, -0.15) is 13.2 Å². The summed E-state index contributed by atoms with van der Waals surface area (Å²) in [5, 5.41) is 0. The molecule has 0 saturated carbocycles. The molecule has 1 aromatic rings. The summed E-state index contributed by atoms with van der Waals surface area (Å²) in [6.45, 7) is 7.28. The molecule has 0 bridgehead atoms. The predicted octanol–water partition coefficient (Wildman–Crippen LogP) is 2.60. The van der Waals surface area contributed by atoms with E-state index in [0.717, 1.165) is 31.6 Å². The number of hydrogen-bond acceptors (Lipinski definition) is 4. The average molecular weight is 302 g/mol. The molecule has 0 spiro atoms. The van der Waals surface area contributed by atoms with Gasteiger partial charge in [-0.3, -0.25) is 4.90 Å². The summed E-state index contributed by atoms with van der Waals surface area (Å²) in [5.74, 6) is 0.218. The first kappa shape index (κ1) is 15.9. The fraction of sp³-hybridized carbons (Fsp3) is 0.643. The molecule has 4 nitrogen and oxygen atoms in total. The van der Waals surface area contributed by atoms with E-state index in [9.17, 15) is 13.2 Å². The molecule has 1 atom stereocenters. The molecule has 2 N–H and O–H groups in total. The third-order valence-electron chi connectivity index (χ3n) is 4.01. The monoisotopic (exact) mass is 302 g/mol. The summed E-state index contributed by atoms with van der Waals surface area (Å²) in [5.41, 5.74) is 4.77. The van der Waals surface area contributed by atoms with Gasteiger partial charge in [0.2, 0.25) is 0 Å². The highest BCUT2D eigenvalue weighted by Crippen LogP contribution is 2.32. The van der Waals surface area contributed by atoms with Gasteiger partial charge in [-0.05, 0) is 25.5 Å². The molecule has 1 aliphatic heterocycles. The molecule has 118 valence electrons. The zero-order valence-electron chi connectivity index (χ0n) is 12.3. The SMILES string of the molecule is CCC(C)N1CCN(c2cc(C(F)(F)F)cc(N)n2)CC1. The smallest absolute Gasteiger partial charge is 0.384 e. The molecule has 0 amide bonds. The zero-order chi connectivity index (χ0) is 15.6. The number of hydrogen-bond donors (Lipinski definition) is 1. The normalized spacial score (nSPS) is 18.8. The number of alkyl halides is 3. The zero-order valence-corrected chi connectivity index (χ0v) is 12.3. The van der Waals surface area contributed by atoms with Crippen LogP contribution < -0.4 is 10.6 Å². The number of nitrogens with two attached hydrogens (primary N) is 1. The molecule has 2 heterocycles. The van der Waals surface area contributed by atoms with Crippen molar-refractivity contribution in [2.45, 2.75) is 32.5 Å². The van der Waals surface area contributed by atoms with Gasteiger partial charge in [0.1, 0.15) is 11.6 Å². The highest BCUT2D eigenvalue weighted by Gasteiger charge is 2.32. The van der Waals surface area contributed by atoms with Gasteiger partial charge in [-0.25, -0.2) is 4.98 Å². The van der Waals surface area contributed by atoms with Crippen molar-refractivity contribution >= 4 is 11.6 Å². The number of halogens is 3. The van der Waals surface area contributed by atoms with Crippen molar-refractivity contribution in [3.8, 4) is 0 Å². The molecule has 2 rings (SSSR count). The first-order chi connectivity index (χ1) is 9.81. The van der Waals surface area contributed by atoms with Crippen LogP contribution >= 0.6 is 0 Å². The Morgan fingerprint density at radius 2 is 1.86 bits per heavy atom. The minimum Gasteiger partial charge on any atom is -0.384 e. The lowest BCUT2D eigenvalue weighted by Gasteiger charge is -2.38. The number of rotatable bonds is 3. The minimum atomic E-state index is -4.40. The first-order valence-corrected chi connectivity index (χ1v) is 7.15. The molecule has 1 aromatic heterocycles. The van der Waals surface area contributed by atoms with Crippen LogP contribution in [0.5, 0.6) is 0 Å². The van der Waals surface area contributed by atoms with Crippen LogP contribution in [0.4, 0.5) is 24.8 Å². The summed E-state index contributed by atoms with van der Waals surface area (Å²) >= 11 is 0. The molecule has 0 aliphatic carbocycles. The topological polar surface area (TPSA) is 45.4 Å². The fourth-order valence-corrected chi connectivity index (χ4v) is 2.51. The van der Waals surface area contributed by atoms with E-state index in [1.807, 2.05) is 4.90 Å². The molecule has 1 unspecified atom stereocenters. The van der Waals surface area contributed by atoms with E-state index < -0.39 is 11.7 Å². The maximum atomic E-state index is 12.8. The Kier molecular flexibility index (Phi) is 4.61. The van der Waals surface area contributed by atoms with Crippen LogP contribution in [0, 0.1) is 0 Å². The number of anilines is 2. The summed E-state index contributed by atoms with van der Waals surface area (Å²) in [6.07, 6.45) is -3.33. The van der Waals surface area contributed by atoms with Crippen molar-refractivity contribution in [1.29, 1.82) is 0 Å². The lowest BCUT2D eigenvalue weighted by atomic mass is 10.2. The lowest BCUT2D eigenvalue weighted by molar-refractivity contribution is -0.137. The van der Waals surface area contributed by atoms with E-state index in [1.165, 1.54) is 0 Å². The maximum Gasteiger partial charge on any atom is 0.416 e. The summed E-state index contributed by atoms with van der Waals surface area (Å²) in [4.78, 5) is 8.25. The molecular weight excluding hydrogens is 281 g/mol. The van der Waals surface area contributed by atoms with Crippen molar-refractivity contribution in [1.82, 2.24) is 9.88 Å². The second-order valence-corrected chi connectivity index (χ2v) is 5.42. The van der Waals surface area contributed by atoms with Crippen LogP contribution in [0.1, 0.15) is 25.8 Å². The van der Waals surface area contributed by atoms with Gasteiger partial charge >= 0.3 is 6.18 Å². The van der Waals surface area contributed by atoms with E-state index in [1.54, 1.807) is 0 Å². The lowest BCUT2D eigenvalue weighted by Crippen LogP contribution is -2.49. The number of pyridine rings is 1. The van der Waals surface area contributed by atoms with Crippen LogP contribution in [0.3, 0.4) is 0 Å². The van der Waals surface area contributed by atoms with E-state index in [0.29, 0.717) is 24.9 Å². The van der Waals surface area contributed by atoms with Crippen LogP contribution in [0.15, 0.2) is 12.1 Å². The number of aromatic nitrogens is 1. The molecular formula is C14H21F3N4. The van der Waals surface area contributed by atoms with Gasteiger partial charge in [-0.15, -0.1) is 0 Å². The highest BCUT2D eigenvalue weighted by atomic mass is 19.4. The van der Waals surface area contributed by atoms with Gasteiger partial charge in [0.25, 0.3) is 0 Å². The fourth-order valence-electron chi connectivity index (χ4n) is 2.51. The Hall–Kier alpha value is -1.50. The molecule has 0 radical (unpaired) electrons. The molecule has 21 heavy (non-hydrogen) atoms. The van der Waals surface area contributed by atoms with Crippen molar-refractivity contribution in [3.05, 3.63) is 17.7 Å². The van der Waals surface area contributed by atoms with E-state index in [-0.39, 0.29) is 5.82 Å². The van der Waals surface area contributed by atoms with Crippen molar-refractivity contribution in [3.63, 3.8) is 0 Å². The van der Waals surface area contributed by atoms with E-state index >= 15 is 0 Å². The van der Waals surface area contributed by atoms with Crippen molar-refractivity contribution in [2.75, 3.05) is 36.8 Å². The Labute approximate surface area is 122 Å². The Morgan fingerprint density at radius 3 is 2.38 bits per heavy atom. The second-order valence-electron chi connectivity index (χ2n) is 5.42. The molecule has 1 aliphatic rings. The van der Waals surface area contributed by atoms with Gasteiger partial charge < -0.3 is 10.6 Å². The van der Waals surface area contributed by atoms with Crippen molar-refractivity contribution < 1.29 is 13.2 Å². The number of nitrogens with zero attached hydrogens (tertiary/aromatic N) is 3. The molecule has 7 heteroatoms. The predicted molar refractivity (Wildman–Crippen MR) is 77.2 cm³/mol. The van der Waals surface area contributed by atoms with Crippen LogP contribution in [0.2, 0.25) is 0 Å². The van der Waals surface area contributed by atoms with Crippen molar-refractivity contribution in [2.24, 2.45) is 0 Å². The summed E-state index contributed by atoms with van der Waals surface area (Å²) in [6, 6.07) is 2.44. The standard InChI is InChI=1S/C14H21F3N4/c1-3-10(2)20-4-6-21(7-5-20)13-9-11(14(15,16)17)8-12(18)19-13/h8-10H,3-7H2,1-2H3,(H2,18,19).